The number of carbonyl (C=O) groups excluding carboxylic acids is 1. The Morgan fingerprint density at radius 2 is 1.76 bits per heavy atom. The summed E-state index contributed by atoms with van der Waals surface area (Å²) in [5.41, 5.74) is 6.78. The minimum absolute atomic E-state index is 0.296. The molecule has 0 saturated heterocycles. The molecule has 8 heteroatoms. The summed E-state index contributed by atoms with van der Waals surface area (Å²) in [5.74, 6) is -0.720. The van der Waals surface area contributed by atoms with Gasteiger partial charge in [-0.05, 0) is 41.8 Å². The lowest BCUT2D eigenvalue weighted by molar-refractivity contribution is 0.102. The number of para-hydroxylation sites is 1. The van der Waals surface area contributed by atoms with Crippen LogP contribution in [0.1, 0.15) is 10.4 Å². The van der Waals surface area contributed by atoms with Crippen molar-refractivity contribution < 1.29 is 22.9 Å². The SMILES string of the molecule is Nc1ccccc1C(=O)Nc1ccc2c(O)cc(S(=O)(=O)O)cc2c1. The van der Waals surface area contributed by atoms with Gasteiger partial charge >= 0.3 is 0 Å². The molecule has 0 atom stereocenters. The number of hydrogen-bond acceptors (Lipinski definition) is 5. The Bertz CT molecular complexity index is 1090. The van der Waals surface area contributed by atoms with Crippen LogP contribution in [0.2, 0.25) is 0 Å². The molecule has 1 amide bonds. The van der Waals surface area contributed by atoms with Crippen molar-refractivity contribution in [1.29, 1.82) is 0 Å². The topological polar surface area (TPSA) is 130 Å². The Morgan fingerprint density at radius 3 is 2.44 bits per heavy atom. The molecule has 0 saturated carbocycles. The molecule has 0 heterocycles. The summed E-state index contributed by atoms with van der Waals surface area (Å²) in [6, 6.07) is 13.3. The number of rotatable bonds is 3. The van der Waals surface area contributed by atoms with Crippen molar-refractivity contribution in [2.45, 2.75) is 4.90 Å². The Hall–Kier alpha value is -3.10. The zero-order valence-corrected chi connectivity index (χ0v) is 13.6. The lowest BCUT2D eigenvalue weighted by Gasteiger charge is -2.10. The van der Waals surface area contributed by atoms with Crippen LogP contribution in [-0.4, -0.2) is 24.0 Å². The van der Waals surface area contributed by atoms with Gasteiger partial charge in [-0.25, -0.2) is 0 Å². The van der Waals surface area contributed by atoms with Gasteiger partial charge in [0.15, 0.2) is 0 Å². The molecule has 3 aromatic rings. The van der Waals surface area contributed by atoms with E-state index in [0.717, 1.165) is 6.07 Å². The number of nitrogen functional groups attached to an aromatic ring is 1. The number of fused-ring (bicyclic) bond motifs is 1. The molecule has 5 N–H and O–H groups in total. The van der Waals surface area contributed by atoms with Crippen molar-refractivity contribution in [3.8, 4) is 5.75 Å². The first-order chi connectivity index (χ1) is 11.8. The average Bonchev–Trinajstić information content (AvgIpc) is 2.54. The number of hydrogen-bond donors (Lipinski definition) is 4. The van der Waals surface area contributed by atoms with E-state index in [9.17, 15) is 18.3 Å². The summed E-state index contributed by atoms with van der Waals surface area (Å²) in [7, 11) is -4.47. The highest BCUT2D eigenvalue weighted by atomic mass is 32.2. The van der Waals surface area contributed by atoms with Gasteiger partial charge in [0.05, 0.1) is 10.5 Å². The molecule has 7 nitrogen and oxygen atoms in total. The van der Waals surface area contributed by atoms with Crippen LogP contribution < -0.4 is 11.1 Å². The molecule has 3 rings (SSSR count). The van der Waals surface area contributed by atoms with E-state index < -0.39 is 20.9 Å². The Kier molecular flexibility index (Phi) is 4.07. The second kappa shape index (κ2) is 6.08. The summed E-state index contributed by atoms with van der Waals surface area (Å²) in [5, 5.41) is 13.3. The summed E-state index contributed by atoms with van der Waals surface area (Å²) in [6.07, 6.45) is 0. The number of amides is 1. The average molecular weight is 358 g/mol. The van der Waals surface area contributed by atoms with Crippen LogP contribution >= 0.6 is 0 Å². The zero-order valence-electron chi connectivity index (χ0n) is 12.8. The van der Waals surface area contributed by atoms with Crippen LogP contribution in [0.4, 0.5) is 11.4 Å². The highest BCUT2D eigenvalue weighted by Gasteiger charge is 2.14. The van der Waals surface area contributed by atoms with Crippen LogP contribution in [0.5, 0.6) is 5.75 Å². The zero-order chi connectivity index (χ0) is 18.2. The highest BCUT2D eigenvalue weighted by Crippen LogP contribution is 2.30. The first-order valence-corrected chi connectivity index (χ1v) is 8.60. The van der Waals surface area contributed by atoms with Gasteiger partial charge in [0, 0.05) is 22.8 Å². The molecule has 0 radical (unpaired) electrons. The Morgan fingerprint density at radius 1 is 1.04 bits per heavy atom. The van der Waals surface area contributed by atoms with Crippen molar-refractivity contribution in [1.82, 2.24) is 0 Å². The fraction of sp³-hybridized carbons (Fsp3) is 0. The molecule has 0 aliphatic carbocycles. The minimum Gasteiger partial charge on any atom is -0.507 e. The van der Waals surface area contributed by atoms with E-state index in [1.807, 2.05) is 0 Å². The molecule has 0 aliphatic rings. The van der Waals surface area contributed by atoms with E-state index in [0.29, 0.717) is 27.7 Å². The van der Waals surface area contributed by atoms with Crippen LogP contribution in [0.15, 0.2) is 59.5 Å². The van der Waals surface area contributed by atoms with Crippen LogP contribution in [0.3, 0.4) is 0 Å². The predicted molar refractivity (Wildman–Crippen MR) is 94.2 cm³/mol. The Labute approximate surface area is 143 Å². The number of phenols is 1. The largest absolute Gasteiger partial charge is 0.507 e. The predicted octanol–water partition coefficient (Wildman–Crippen LogP) is 2.63. The molecule has 0 spiro atoms. The van der Waals surface area contributed by atoms with Gasteiger partial charge < -0.3 is 16.2 Å². The summed E-state index contributed by atoms with van der Waals surface area (Å²) >= 11 is 0. The van der Waals surface area contributed by atoms with E-state index in [1.165, 1.54) is 18.2 Å². The Balaban J connectivity index is 2.01. The third-order valence-corrected chi connectivity index (χ3v) is 4.50. The molecule has 128 valence electrons. The van der Waals surface area contributed by atoms with Gasteiger partial charge in [-0.1, -0.05) is 12.1 Å². The number of nitrogens with one attached hydrogen (secondary N) is 1. The van der Waals surface area contributed by atoms with E-state index in [1.54, 1.807) is 30.3 Å². The molecular weight excluding hydrogens is 344 g/mol. The standard InChI is InChI=1S/C17H14N2O5S/c18-15-4-2-1-3-14(15)17(21)19-11-5-6-13-10(7-11)8-12(9-16(13)20)25(22,23)24/h1-9,20H,18H2,(H,19,21)(H,22,23,24). The monoisotopic (exact) mass is 358 g/mol. The van der Waals surface area contributed by atoms with E-state index >= 15 is 0 Å². The molecular formula is C17H14N2O5S. The van der Waals surface area contributed by atoms with Gasteiger partial charge in [0.2, 0.25) is 0 Å². The number of nitrogens with two attached hydrogens (primary N) is 1. The van der Waals surface area contributed by atoms with Crippen molar-refractivity contribution in [2.24, 2.45) is 0 Å². The molecule has 0 aromatic heterocycles. The van der Waals surface area contributed by atoms with Crippen molar-refractivity contribution in [2.75, 3.05) is 11.1 Å². The van der Waals surface area contributed by atoms with Gasteiger partial charge in [-0.3, -0.25) is 9.35 Å². The van der Waals surface area contributed by atoms with E-state index in [4.69, 9.17) is 10.3 Å². The maximum atomic E-state index is 12.3. The summed E-state index contributed by atoms with van der Waals surface area (Å²) < 4.78 is 31.7. The number of phenolic OH excluding ortho intramolecular Hbond substituents is 1. The number of carbonyl (C=O) groups is 1. The van der Waals surface area contributed by atoms with Crippen molar-refractivity contribution >= 4 is 38.2 Å². The van der Waals surface area contributed by atoms with Crippen LogP contribution in [0, 0.1) is 0 Å². The maximum Gasteiger partial charge on any atom is 0.294 e. The summed E-state index contributed by atoms with van der Waals surface area (Å²) in [4.78, 5) is 11.9. The number of aromatic hydroxyl groups is 1. The molecule has 0 bridgehead atoms. The molecule has 0 aliphatic heterocycles. The first kappa shape index (κ1) is 16.7. The first-order valence-electron chi connectivity index (χ1n) is 7.16. The van der Waals surface area contributed by atoms with Crippen LogP contribution in [0.25, 0.3) is 10.8 Å². The lowest BCUT2D eigenvalue weighted by Crippen LogP contribution is -2.13. The molecule has 0 unspecified atom stereocenters. The lowest BCUT2D eigenvalue weighted by atomic mass is 10.1. The minimum atomic E-state index is -4.47. The second-order valence-corrected chi connectivity index (χ2v) is 6.82. The summed E-state index contributed by atoms with van der Waals surface area (Å²) in [6.45, 7) is 0. The van der Waals surface area contributed by atoms with Crippen LogP contribution in [-0.2, 0) is 10.1 Å². The van der Waals surface area contributed by atoms with E-state index in [2.05, 4.69) is 5.32 Å². The second-order valence-electron chi connectivity index (χ2n) is 5.39. The molecule has 3 aromatic carbocycles. The van der Waals surface area contributed by atoms with Gasteiger partial charge in [-0.15, -0.1) is 0 Å². The van der Waals surface area contributed by atoms with Gasteiger partial charge in [-0.2, -0.15) is 8.42 Å². The van der Waals surface area contributed by atoms with Gasteiger partial charge in [0.1, 0.15) is 5.75 Å². The fourth-order valence-electron chi connectivity index (χ4n) is 2.45. The smallest absolute Gasteiger partial charge is 0.294 e. The number of benzene rings is 3. The normalized spacial score (nSPS) is 11.4. The maximum absolute atomic E-state index is 12.3. The van der Waals surface area contributed by atoms with Crippen molar-refractivity contribution in [3.05, 3.63) is 60.2 Å². The van der Waals surface area contributed by atoms with Crippen molar-refractivity contribution in [3.63, 3.8) is 0 Å². The number of anilines is 2. The van der Waals surface area contributed by atoms with Gasteiger partial charge in [0.25, 0.3) is 16.0 Å². The fourth-order valence-corrected chi connectivity index (χ4v) is 2.99. The third kappa shape index (κ3) is 3.39. The molecule has 0 fully saturated rings. The van der Waals surface area contributed by atoms with E-state index in [-0.39, 0.29) is 5.75 Å². The third-order valence-electron chi connectivity index (χ3n) is 3.67. The highest BCUT2D eigenvalue weighted by molar-refractivity contribution is 7.85. The molecule has 25 heavy (non-hydrogen) atoms. The quantitative estimate of drug-likeness (QED) is 0.421.